The number of anilines is 1. The highest BCUT2D eigenvalue weighted by atomic mass is 16.5. The van der Waals surface area contributed by atoms with Crippen LogP contribution in [0.2, 0.25) is 0 Å². The van der Waals surface area contributed by atoms with E-state index in [4.69, 9.17) is 4.74 Å². The van der Waals surface area contributed by atoms with Gasteiger partial charge < -0.3 is 15.0 Å². The van der Waals surface area contributed by atoms with E-state index in [2.05, 4.69) is 15.6 Å². The summed E-state index contributed by atoms with van der Waals surface area (Å²) in [6, 6.07) is 3.89. The van der Waals surface area contributed by atoms with Crippen LogP contribution in [0.3, 0.4) is 0 Å². The summed E-state index contributed by atoms with van der Waals surface area (Å²) in [4.78, 5) is 14.6. The van der Waals surface area contributed by atoms with Crippen molar-refractivity contribution in [2.24, 2.45) is 5.92 Å². The molecular weight excluding hydrogens is 318 g/mol. The Bertz CT molecular complexity index is 729. The third-order valence-corrected chi connectivity index (χ3v) is 4.69. The zero-order valence-corrected chi connectivity index (χ0v) is 15.0. The van der Waals surface area contributed by atoms with E-state index < -0.39 is 0 Å². The second-order valence-electron chi connectivity index (χ2n) is 6.65. The van der Waals surface area contributed by atoms with E-state index >= 15 is 0 Å². The van der Waals surface area contributed by atoms with Crippen LogP contribution in [-0.4, -0.2) is 46.1 Å². The van der Waals surface area contributed by atoms with Gasteiger partial charge in [-0.3, -0.25) is 4.68 Å². The van der Waals surface area contributed by atoms with Crippen molar-refractivity contribution >= 4 is 11.7 Å². The third kappa shape index (κ3) is 4.10. The lowest BCUT2D eigenvalue weighted by Gasteiger charge is -2.32. The molecule has 0 aliphatic carbocycles. The van der Waals surface area contributed by atoms with Gasteiger partial charge in [-0.15, -0.1) is 5.10 Å². The fraction of sp³-hybridized carbons (Fsp3) is 0.500. The predicted octanol–water partition coefficient (Wildman–Crippen LogP) is 2.85. The van der Waals surface area contributed by atoms with Crippen LogP contribution in [-0.2, 0) is 6.54 Å². The summed E-state index contributed by atoms with van der Waals surface area (Å²) in [5.74, 6) is 1.19. The first-order valence-corrected chi connectivity index (χ1v) is 8.62. The van der Waals surface area contributed by atoms with Crippen molar-refractivity contribution in [2.75, 3.05) is 25.5 Å². The van der Waals surface area contributed by atoms with Gasteiger partial charge in [0.2, 0.25) is 0 Å². The minimum Gasteiger partial charge on any atom is -0.496 e. The molecule has 1 N–H and O–H groups in total. The van der Waals surface area contributed by atoms with Crippen molar-refractivity contribution in [1.82, 2.24) is 19.9 Å². The molecule has 0 saturated carbocycles. The molecule has 7 nitrogen and oxygen atoms in total. The molecule has 1 fully saturated rings. The van der Waals surface area contributed by atoms with Crippen LogP contribution >= 0.6 is 0 Å². The van der Waals surface area contributed by atoms with Gasteiger partial charge >= 0.3 is 6.03 Å². The number of rotatable bonds is 4. The van der Waals surface area contributed by atoms with Crippen LogP contribution in [0.15, 0.2) is 24.5 Å². The standard InChI is InChI=1S/C18H25N5O2/c1-13-9-16(14(2)17(10-13)25-3)20-18(24)22-7-4-5-15(11-22)12-23-8-6-19-21-23/h6,8-10,15H,4-5,7,11-12H2,1-3H3,(H,20,24). The molecule has 1 aliphatic rings. The molecular formula is C18H25N5O2. The van der Waals surface area contributed by atoms with Crippen LogP contribution in [0.4, 0.5) is 10.5 Å². The fourth-order valence-electron chi connectivity index (χ4n) is 3.35. The minimum absolute atomic E-state index is 0.0564. The number of carbonyl (C=O) groups excluding carboxylic acids is 1. The number of carbonyl (C=O) groups is 1. The Morgan fingerprint density at radius 3 is 2.96 bits per heavy atom. The Balaban J connectivity index is 1.66. The van der Waals surface area contributed by atoms with Gasteiger partial charge in [-0.2, -0.15) is 0 Å². The molecule has 3 rings (SSSR count). The number of piperidine rings is 1. The number of likely N-dealkylation sites (tertiary alicyclic amines) is 1. The van der Waals surface area contributed by atoms with Crippen molar-refractivity contribution in [3.63, 3.8) is 0 Å². The number of nitrogens with one attached hydrogen (secondary N) is 1. The number of ether oxygens (including phenoxy) is 1. The maximum Gasteiger partial charge on any atom is 0.321 e. The molecule has 0 bridgehead atoms. The van der Waals surface area contributed by atoms with Gasteiger partial charge in [0.25, 0.3) is 0 Å². The first-order chi connectivity index (χ1) is 12.1. The smallest absolute Gasteiger partial charge is 0.321 e. The lowest BCUT2D eigenvalue weighted by atomic mass is 9.98. The van der Waals surface area contributed by atoms with Crippen LogP contribution in [0.5, 0.6) is 5.75 Å². The number of nitrogens with zero attached hydrogens (tertiary/aromatic N) is 4. The maximum absolute atomic E-state index is 12.7. The summed E-state index contributed by atoms with van der Waals surface area (Å²) in [6.07, 6.45) is 5.65. The normalized spacial score (nSPS) is 17.4. The monoisotopic (exact) mass is 343 g/mol. The molecule has 1 atom stereocenters. The van der Waals surface area contributed by atoms with Gasteiger partial charge in [0.15, 0.2) is 0 Å². The average molecular weight is 343 g/mol. The number of benzene rings is 1. The summed E-state index contributed by atoms with van der Waals surface area (Å²) in [5.41, 5.74) is 2.80. The number of amides is 2. The second-order valence-corrected chi connectivity index (χ2v) is 6.65. The second kappa shape index (κ2) is 7.55. The highest BCUT2D eigenvalue weighted by Gasteiger charge is 2.24. The summed E-state index contributed by atoms with van der Waals surface area (Å²) in [5, 5.41) is 10.9. The number of aromatic nitrogens is 3. The lowest BCUT2D eigenvalue weighted by Crippen LogP contribution is -2.43. The van der Waals surface area contributed by atoms with Gasteiger partial charge in [0.05, 0.1) is 13.3 Å². The highest BCUT2D eigenvalue weighted by molar-refractivity contribution is 5.90. The zero-order valence-electron chi connectivity index (χ0n) is 15.0. The van der Waals surface area contributed by atoms with Crippen molar-refractivity contribution in [3.05, 3.63) is 35.7 Å². The van der Waals surface area contributed by atoms with Gasteiger partial charge in [0, 0.05) is 37.1 Å². The zero-order chi connectivity index (χ0) is 17.8. The van der Waals surface area contributed by atoms with Crippen LogP contribution in [0, 0.1) is 19.8 Å². The quantitative estimate of drug-likeness (QED) is 0.926. The van der Waals surface area contributed by atoms with Crippen molar-refractivity contribution in [1.29, 1.82) is 0 Å². The molecule has 1 saturated heterocycles. The molecule has 1 aliphatic heterocycles. The van der Waals surface area contributed by atoms with Crippen molar-refractivity contribution in [2.45, 2.75) is 33.2 Å². The Kier molecular flexibility index (Phi) is 5.21. The van der Waals surface area contributed by atoms with Crippen LogP contribution < -0.4 is 10.1 Å². The predicted molar refractivity (Wildman–Crippen MR) is 95.8 cm³/mol. The summed E-state index contributed by atoms with van der Waals surface area (Å²) in [6.45, 7) is 6.25. The molecule has 0 radical (unpaired) electrons. The SMILES string of the molecule is COc1cc(C)cc(NC(=O)N2CCCC(Cn3ccnn3)C2)c1C. The Labute approximate surface area is 148 Å². The lowest BCUT2D eigenvalue weighted by molar-refractivity contribution is 0.168. The maximum atomic E-state index is 12.7. The molecule has 2 amide bonds. The summed E-state index contributed by atoms with van der Waals surface area (Å²) >= 11 is 0. The van der Waals surface area contributed by atoms with Gasteiger partial charge in [-0.1, -0.05) is 5.21 Å². The van der Waals surface area contributed by atoms with Gasteiger partial charge in [-0.05, 0) is 50.3 Å². The average Bonchev–Trinajstić information content (AvgIpc) is 3.11. The molecule has 2 aromatic rings. The third-order valence-electron chi connectivity index (χ3n) is 4.69. The Morgan fingerprint density at radius 1 is 1.40 bits per heavy atom. The molecule has 134 valence electrons. The highest BCUT2D eigenvalue weighted by Crippen LogP contribution is 2.28. The molecule has 1 aromatic heterocycles. The molecule has 7 heteroatoms. The number of hydrogen-bond acceptors (Lipinski definition) is 4. The van der Waals surface area contributed by atoms with E-state index in [1.165, 1.54) is 0 Å². The summed E-state index contributed by atoms with van der Waals surface area (Å²) < 4.78 is 7.22. The summed E-state index contributed by atoms with van der Waals surface area (Å²) in [7, 11) is 1.65. The number of methoxy groups -OCH3 is 1. The topological polar surface area (TPSA) is 72.3 Å². The van der Waals surface area contributed by atoms with Crippen molar-refractivity contribution in [3.8, 4) is 5.75 Å². The van der Waals surface area contributed by atoms with E-state index in [9.17, 15) is 4.79 Å². The van der Waals surface area contributed by atoms with Gasteiger partial charge in [0.1, 0.15) is 5.75 Å². The molecule has 0 spiro atoms. The van der Waals surface area contributed by atoms with E-state index in [1.807, 2.05) is 41.8 Å². The van der Waals surface area contributed by atoms with Crippen molar-refractivity contribution < 1.29 is 9.53 Å². The molecule has 1 unspecified atom stereocenters. The first kappa shape index (κ1) is 17.3. The molecule has 25 heavy (non-hydrogen) atoms. The van der Waals surface area contributed by atoms with Crippen LogP contribution in [0.25, 0.3) is 0 Å². The molecule has 2 heterocycles. The molecule has 1 aromatic carbocycles. The largest absolute Gasteiger partial charge is 0.496 e. The van der Waals surface area contributed by atoms with E-state index in [0.29, 0.717) is 5.92 Å². The number of urea groups is 1. The Morgan fingerprint density at radius 2 is 2.24 bits per heavy atom. The van der Waals surface area contributed by atoms with E-state index in [-0.39, 0.29) is 6.03 Å². The number of aryl methyl sites for hydroxylation is 1. The van der Waals surface area contributed by atoms with E-state index in [0.717, 1.165) is 55.0 Å². The van der Waals surface area contributed by atoms with Gasteiger partial charge in [-0.25, -0.2) is 4.79 Å². The van der Waals surface area contributed by atoms with Crippen LogP contribution in [0.1, 0.15) is 24.0 Å². The number of hydrogen-bond donors (Lipinski definition) is 1. The van der Waals surface area contributed by atoms with E-state index in [1.54, 1.807) is 13.3 Å². The minimum atomic E-state index is -0.0564. The first-order valence-electron chi connectivity index (χ1n) is 8.62. The Hall–Kier alpha value is -2.57. The fourth-order valence-corrected chi connectivity index (χ4v) is 3.35.